The van der Waals surface area contributed by atoms with Gasteiger partial charge in [-0.15, -0.1) is 0 Å². The van der Waals surface area contributed by atoms with Crippen LogP contribution >= 0.6 is 0 Å². The third-order valence-electron chi connectivity index (χ3n) is 3.72. The van der Waals surface area contributed by atoms with Crippen LogP contribution in [0.25, 0.3) is 0 Å². The quantitative estimate of drug-likeness (QED) is 0.831. The maximum Gasteiger partial charge on any atom is 0.410 e. The number of para-hydroxylation sites is 1. The number of ether oxygens (including phenoxy) is 2. The Labute approximate surface area is 156 Å². The number of carbonyl (C=O) groups is 2. The van der Waals surface area contributed by atoms with Gasteiger partial charge in [0.1, 0.15) is 5.60 Å². The lowest BCUT2D eigenvalue weighted by Crippen LogP contribution is -2.50. The number of piperazine rings is 1. The lowest BCUT2D eigenvalue weighted by atomic mass is 10.1. The number of nitrogens with one attached hydrogen (secondary N) is 1. The first-order valence-corrected chi connectivity index (χ1v) is 8.66. The SMILES string of the molecule is CNc1c(C=O)cccc1N1CCN(C(=O)OC(C)(C)C)CC1.COC. The molecular weight excluding hydrogens is 334 g/mol. The van der Waals surface area contributed by atoms with Gasteiger partial charge in [-0.05, 0) is 32.9 Å². The number of nitrogens with zero attached hydrogens (tertiary/aromatic N) is 2. The fourth-order valence-corrected chi connectivity index (χ4v) is 2.65. The summed E-state index contributed by atoms with van der Waals surface area (Å²) in [6.07, 6.45) is 0.583. The lowest BCUT2D eigenvalue weighted by Gasteiger charge is -2.37. The minimum atomic E-state index is -0.480. The van der Waals surface area contributed by atoms with Gasteiger partial charge in [-0.3, -0.25) is 4.79 Å². The van der Waals surface area contributed by atoms with Crippen LogP contribution in [-0.4, -0.2) is 70.3 Å². The maximum atomic E-state index is 12.1. The van der Waals surface area contributed by atoms with Crippen LogP contribution in [0.2, 0.25) is 0 Å². The Kier molecular flexibility index (Phi) is 8.38. The predicted molar refractivity (Wildman–Crippen MR) is 104 cm³/mol. The molecule has 1 N–H and O–H groups in total. The van der Waals surface area contributed by atoms with Crippen LogP contribution in [0, 0.1) is 0 Å². The Morgan fingerprint density at radius 1 is 1.15 bits per heavy atom. The van der Waals surface area contributed by atoms with E-state index in [0.29, 0.717) is 31.7 Å². The first kappa shape index (κ1) is 21.8. The van der Waals surface area contributed by atoms with E-state index in [0.717, 1.165) is 17.7 Å². The van der Waals surface area contributed by atoms with Crippen LogP contribution < -0.4 is 10.2 Å². The van der Waals surface area contributed by atoms with Crippen LogP contribution in [0.5, 0.6) is 0 Å². The molecule has 0 saturated carbocycles. The molecule has 0 aliphatic carbocycles. The second kappa shape index (κ2) is 10.0. The van der Waals surface area contributed by atoms with Gasteiger partial charge in [0.2, 0.25) is 0 Å². The number of amides is 1. The molecule has 1 aliphatic heterocycles. The molecule has 1 heterocycles. The molecule has 1 aromatic carbocycles. The van der Waals surface area contributed by atoms with Crippen molar-refractivity contribution in [1.29, 1.82) is 0 Å². The molecule has 7 nitrogen and oxygen atoms in total. The first-order valence-electron chi connectivity index (χ1n) is 8.66. The number of benzene rings is 1. The predicted octanol–water partition coefficient (Wildman–Crippen LogP) is 2.86. The summed E-state index contributed by atoms with van der Waals surface area (Å²) in [6, 6.07) is 5.65. The Bertz CT molecular complexity index is 591. The van der Waals surface area contributed by atoms with Gasteiger partial charge >= 0.3 is 6.09 Å². The summed E-state index contributed by atoms with van der Waals surface area (Å²) in [4.78, 5) is 27.2. The van der Waals surface area contributed by atoms with Crippen LogP contribution in [0.1, 0.15) is 31.1 Å². The molecule has 2 rings (SSSR count). The van der Waals surface area contributed by atoms with E-state index in [1.165, 1.54) is 0 Å². The molecule has 0 atom stereocenters. The number of aldehydes is 1. The fourth-order valence-electron chi connectivity index (χ4n) is 2.65. The zero-order chi connectivity index (χ0) is 19.7. The van der Waals surface area contributed by atoms with Gasteiger partial charge in [0, 0.05) is 53.0 Å². The number of anilines is 2. The van der Waals surface area contributed by atoms with E-state index in [1.54, 1.807) is 25.2 Å². The highest BCUT2D eigenvalue weighted by Gasteiger charge is 2.26. The second-order valence-corrected chi connectivity index (χ2v) is 6.97. The van der Waals surface area contributed by atoms with Crippen molar-refractivity contribution >= 4 is 23.8 Å². The molecule has 1 amide bonds. The first-order chi connectivity index (χ1) is 12.3. The maximum absolute atomic E-state index is 12.1. The van der Waals surface area contributed by atoms with Gasteiger partial charge in [0.05, 0.1) is 11.4 Å². The molecule has 26 heavy (non-hydrogen) atoms. The molecule has 1 saturated heterocycles. The van der Waals surface area contributed by atoms with Crippen molar-refractivity contribution in [3.63, 3.8) is 0 Å². The van der Waals surface area contributed by atoms with Gasteiger partial charge in [-0.25, -0.2) is 4.79 Å². The van der Waals surface area contributed by atoms with Gasteiger partial charge < -0.3 is 24.6 Å². The largest absolute Gasteiger partial charge is 0.444 e. The van der Waals surface area contributed by atoms with E-state index in [2.05, 4.69) is 15.0 Å². The number of methoxy groups -OCH3 is 1. The minimum absolute atomic E-state index is 0.271. The number of hydrogen-bond donors (Lipinski definition) is 1. The van der Waals surface area contributed by atoms with Crippen molar-refractivity contribution in [1.82, 2.24) is 4.90 Å². The third kappa shape index (κ3) is 6.22. The Morgan fingerprint density at radius 2 is 1.73 bits per heavy atom. The smallest absolute Gasteiger partial charge is 0.410 e. The highest BCUT2D eigenvalue weighted by atomic mass is 16.6. The summed E-state index contributed by atoms with van der Waals surface area (Å²) in [6.45, 7) is 8.21. The molecular formula is C19H31N3O4. The van der Waals surface area contributed by atoms with Gasteiger partial charge in [-0.1, -0.05) is 6.07 Å². The van der Waals surface area contributed by atoms with Crippen LogP contribution in [-0.2, 0) is 9.47 Å². The average molecular weight is 365 g/mol. The highest BCUT2D eigenvalue weighted by molar-refractivity contribution is 5.90. The molecule has 1 fully saturated rings. The summed E-state index contributed by atoms with van der Waals surface area (Å²) in [5.41, 5.74) is 1.97. The molecule has 0 radical (unpaired) electrons. The van der Waals surface area contributed by atoms with Gasteiger partial charge in [0.15, 0.2) is 6.29 Å². The molecule has 7 heteroatoms. The minimum Gasteiger partial charge on any atom is -0.444 e. The van der Waals surface area contributed by atoms with Gasteiger partial charge in [-0.2, -0.15) is 0 Å². The molecule has 0 aromatic heterocycles. The normalized spacial score (nSPS) is 14.2. The topological polar surface area (TPSA) is 71.1 Å². The van der Waals surface area contributed by atoms with Crippen molar-refractivity contribution in [2.45, 2.75) is 26.4 Å². The molecule has 146 valence electrons. The summed E-state index contributed by atoms with van der Waals surface area (Å²) in [7, 11) is 5.06. The van der Waals surface area contributed by atoms with Crippen LogP contribution in [0.15, 0.2) is 18.2 Å². The van der Waals surface area contributed by atoms with Crippen LogP contribution in [0.3, 0.4) is 0 Å². The molecule has 1 aromatic rings. The standard InChI is InChI=1S/C17H25N3O3.C2H6O/c1-17(2,3)23-16(22)20-10-8-19(9-11-20)14-7-5-6-13(12-21)15(14)18-4;1-3-2/h5-7,12,18H,8-11H2,1-4H3;1-2H3. The monoisotopic (exact) mass is 365 g/mol. The van der Waals surface area contributed by atoms with Gasteiger partial charge in [0.25, 0.3) is 0 Å². The van der Waals surface area contributed by atoms with Crippen molar-refractivity contribution in [3.8, 4) is 0 Å². The van der Waals surface area contributed by atoms with Crippen molar-refractivity contribution < 1.29 is 19.1 Å². The van der Waals surface area contributed by atoms with Crippen molar-refractivity contribution in [2.24, 2.45) is 0 Å². The zero-order valence-corrected chi connectivity index (χ0v) is 16.7. The number of hydrogen-bond acceptors (Lipinski definition) is 6. The van der Waals surface area contributed by atoms with Crippen LogP contribution in [0.4, 0.5) is 16.2 Å². The summed E-state index contributed by atoms with van der Waals surface area (Å²) >= 11 is 0. The average Bonchev–Trinajstić information content (AvgIpc) is 2.60. The summed E-state index contributed by atoms with van der Waals surface area (Å²) in [5.74, 6) is 0. The molecule has 1 aliphatic rings. The second-order valence-electron chi connectivity index (χ2n) is 6.97. The summed E-state index contributed by atoms with van der Waals surface area (Å²) < 4.78 is 9.66. The Morgan fingerprint density at radius 3 is 2.19 bits per heavy atom. The number of rotatable bonds is 3. The lowest BCUT2D eigenvalue weighted by molar-refractivity contribution is 0.0240. The highest BCUT2D eigenvalue weighted by Crippen LogP contribution is 2.29. The third-order valence-corrected chi connectivity index (χ3v) is 3.72. The summed E-state index contributed by atoms with van der Waals surface area (Å²) in [5, 5.41) is 3.10. The number of carbonyl (C=O) groups excluding carboxylic acids is 2. The van der Waals surface area contributed by atoms with Crippen molar-refractivity contribution in [2.75, 3.05) is 57.7 Å². The van der Waals surface area contributed by atoms with E-state index in [9.17, 15) is 9.59 Å². The van der Waals surface area contributed by atoms with E-state index in [1.807, 2.05) is 40.0 Å². The molecule has 0 unspecified atom stereocenters. The fraction of sp³-hybridized carbons (Fsp3) is 0.579. The van der Waals surface area contributed by atoms with E-state index in [4.69, 9.17) is 4.74 Å². The van der Waals surface area contributed by atoms with E-state index < -0.39 is 5.60 Å². The zero-order valence-electron chi connectivity index (χ0n) is 16.7. The molecule has 0 bridgehead atoms. The molecule has 0 spiro atoms. The van der Waals surface area contributed by atoms with Crippen molar-refractivity contribution in [3.05, 3.63) is 23.8 Å². The Balaban J connectivity index is 0.00000105. The Hall–Kier alpha value is -2.28. The van der Waals surface area contributed by atoms with E-state index >= 15 is 0 Å². The van der Waals surface area contributed by atoms with E-state index in [-0.39, 0.29) is 6.09 Å².